The van der Waals surface area contributed by atoms with Crippen LogP contribution < -0.4 is 14.8 Å². The molecule has 1 aromatic heterocycles. The molecule has 1 aliphatic rings. The second-order valence-corrected chi connectivity index (χ2v) is 5.60. The Balaban J connectivity index is 2.02. The number of rotatable bonds is 3. The van der Waals surface area contributed by atoms with E-state index in [1.165, 1.54) is 16.5 Å². The predicted octanol–water partition coefficient (Wildman–Crippen LogP) is 3.52. The van der Waals surface area contributed by atoms with Crippen molar-refractivity contribution in [2.75, 3.05) is 14.2 Å². The number of nitrogens with zero attached hydrogens (tertiary/aromatic N) is 1. The van der Waals surface area contributed by atoms with Crippen LogP contribution in [-0.2, 0) is 13.1 Å². The molecule has 116 valence electrons. The van der Waals surface area contributed by atoms with Gasteiger partial charge in [0, 0.05) is 18.5 Å². The quantitative estimate of drug-likeness (QED) is 0.804. The van der Waals surface area contributed by atoms with Gasteiger partial charge in [0.15, 0.2) is 11.5 Å². The van der Waals surface area contributed by atoms with Gasteiger partial charge in [-0.25, -0.2) is 0 Å². The first-order valence-corrected chi connectivity index (χ1v) is 7.65. The molecule has 0 bridgehead atoms. The van der Waals surface area contributed by atoms with Gasteiger partial charge in [-0.05, 0) is 34.9 Å². The highest BCUT2D eigenvalue weighted by atomic mass is 16.5. The summed E-state index contributed by atoms with van der Waals surface area (Å²) in [5, 5.41) is 4.57. The largest absolute Gasteiger partial charge is 0.493 e. The van der Waals surface area contributed by atoms with E-state index in [9.17, 15) is 0 Å². The molecule has 0 unspecified atom stereocenters. The smallest absolute Gasteiger partial charge is 0.161 e. The van der Waals surface area contributed by atoms with E-state index < -0.39 is 0 Å². The summed E-state index contributed by atoms with van der Waals surface area (Å²) in [5.74, 6) is 1.48. The van der Waals surface area contributed by atoms with Gasteiger partial charge >= 0.3 is 0 Å². The van der Waals surface area contributed by atoms with E-state index in [1.54, 1.807) is 14.2 Å². The van der Waals surface area contributed by atoms with E-state index in [0.717, 1.165) is 41.4 Å². The molecule has 0 saturated heterocycles. The molecule has 4 heteroatoms. The van der Waals surface area contributed by atoms with Gasteiger partial charge in [-0.1, -0.05) is 24.3 Å². The monoisotopic (exact) mass is 306 g/mol. The Hall–Kier alpha value is -2.59. The van der Waals surface area contributed by atoms with Gasteiger partial charge in [0.2, 0.25) is 0 Å². The van der Waals surface area contributed by atoms with Gasteiger partial charge in [-0.3, -0.25) is 4.98 Å². The maximum Gasteiger partial charge on any atom is 0.161 e. The summed E-state index contributed by atoms with van der Waals surface area (Å²) in [6.45, 7) is 1.66. The third kappa shape index (κ3) is 2.23. The van der Waals surface area contributed by atoms with E-state index in [0.29, 0.717) is 0 Å². The minimum atomic E-state index is 0.740. The second kappa shape index (κ2) is 5.56. The lowest BCUT2D eigenvalue weighted by Gasteiger charge is -2.14. The molecule has 4 rings (SSSR count). The van der Waals surface area contributed by atoms with Crippen LogP contribution >= 0.6 is 0 Å². The number of hydrogen-bond acceptors (Lipinski definition) is 4. The van der Waals surface area contributed by atoms with Gasteiger partial charge in [-0.2, -0.15) is 0 Å². The van der Waals surface area contributed by atoms with Gasteiger partial charge < -0.3 is 14.8 Å². The summed E-state index contributed by atoms with van der Waals surface area (Å²) in [6, 6.07) is 14.4. The number of hydrogen-bond donors (Lipinski definition) is 1. The molecule has 0 radical (unpaired) electrons. The van der Waals surface area contributed by atoms with Crippen LogP contribution in [-0.4, -0.2) is 19.2 Å². The highest BCUT2D eigenvalue weighted by molar-refractivity contribution is 5.97. The van der Waals surface area contributed by atoms with Crippen LogP contribution in [0.4, 0.5) is 0 Å². The third-order valence-corrected chi connectivity index (χ3v) is 4.35. The Bertz CT molecular complexity index is 890. The lowest BCUT2D eigenvalue weighted by Crippen LogP contribution is -2.00. The molecular formula is C19H18N2O2. The molecule has 2 aromatic carbocycles. The molecule has 0 atom stereocenters. The lowest BCUT2D eigenvalue weighted by molar-refractivity contribution is 0.355. The SMILES string of the molecule is COc1ccc(-c2c3c(nc4ccccc24)CNC3)cc1OC. The Kier molecular flexibility index (Phi) is 3.39. The Morgan fingerprint density at radius 3 is 2.61 bits per heavy atom. The van der Waals surface area contributed by atoms with Crippen LogP contribution in [0.5, 0.6) is 11.5 Å². The molecule has 3 aromatic rings. The number of methoxy groups -OCH3 is 2. The van der Waals surface area contributed by atoms with Gasteiger partial charge in [-0.15, -0.1) is 0 Å². The number of fused-ring (bicyclic) bond motifs is 2. The molecule has 1 N–H and O–H groups in total. The number of ether oxygens (including phenoxy) is 2. The number of pyridine rings is 1. The van der Waals surface area contributed by atoms with Crippen molar-refractivity contribution in [2.24, 2.45) is 0 Å². The van der Waals surface area contributed by atoms with Crippen molar-refractivity contribution < 1.29 is 9.47 Å². The number of aromatic nitrogens is 1. The number of para-hydroxylation sites is 1. The minimum absolute atomic E-state index is 0.740. The van der Waals surface area contributed by atoms with Crippen LogP contribution in [0.2, 0.25) is 0 Å². The summed E-state index contributed by atoms with van der Waals surface area (Å²) in [6.07, 6.45) is 0. The zero-order chi connectivity index (χ0) is 15.8. The molecule has 1 aliphatic heterocycles. The molecule has 4 nitrogen and oxygen atoms in total. The van der Waals surface area contributed by atoms with Crippen molar-refractivity contribution >= 4 is 10.9 Å². The maximum atomic E-state index is 5.47. The number of benzene rings is 2. The van der Waals surface area contributed by atoms with Crippen LogP contribution in [0.3, 0.4) is 0 Å². The van der Waals surface area contributed by atoms with Crippen LogP contribution in [0.15, 0.2) is 42.5 Å². The van der Waals surface area contributed by atoms with Crippen molar-refractivity contribution in [1.29, 1.82) is 0 Å². The topological polar surface area (TPSA) is 43.4 Å². The van der Waals surface area contributed by atoms with E-state index >= 15 is 0 Å². The molecule has 0 saturated carbocycles. The Morgan fingerprint density at radius 1 is 0.957 bits per heavy atom. The second-order valence-electron chi connectivity index (χ2n) is 5.60. The predicted molar refractivity (Wildman–Crippen MR) is 90.8 cm³/mol. The molecule has 0 spiro atoms. The van der Waals surface area contributed by atoms with Crippen LogP contribution in [0.1, 0.15) is 11.3 Å². The highest BCUT2D eigenvalue weighted by Crippen LogP contribution is 2.38. The van der Waals surface area contributed by atoms with Crippen molar-refractivity contribution in [1.82, 2.24) is 10.3 Å². The minimum Gasteiger partial charge on any atom is -0.493 e. The van der Waals surface area contributed by atoms with Crippen molar-refractivity contribution in [3.05, 3.63) is 53.7 Å². The molecule has 0 aliphatic carbocycles. The summed E-state index contributed by atoms with van der Waals surface area (Å²) in [4.78, 5) is 4.80. The fourth-order valence-electron chi connectivity index (χ4n) is 3.27. The summed E-state index contributed by atoms with van der Waals surface area (Å²) in [7, 11) is 3.32. The highest BCUT2D eigenvalue weighted by Gasteiger charge is 2.20. The fraction of sp³-hybridized carbons (Fsp3) is 0.211. The average Bonchev–Trinajstić information content (AvgIpc) is 3.06. The first-order valence-electron chi connectivity index (χ1n) is 7.65. The van der Waals surface area contributed by atoms with E-state index in [1.807, 2.05) is 18.2 Å². The summed E-state index contributed by atoms with van der Waals surface area (Å²) >= 11 is 0. The van der Waals surface area contributed by atoms with Gasteiger partial charge in [0.05, 0.1) is 25.4 Å². The molecule has 2 heterocycles. The van der Waals surface area contributed by atoms with Gasteiger partial charge in [0.1, 0.15) is 0 Å². The summed E-state index contributed by atoms with van der Waals surface area (Å²) < 4.78 is 10.8. The molecule has 23 heavy (non-hydrogen) atoms. The normalized spacial score (nSPS) is 13.1. The van der Waals surface area contributed by atoms with Crippen molar-refractivity contribution in [3.63, 3.8) is 0 Å². The Morgan fingerprint density at radius 2 is 1.78 bits per heavy atom. The van der Waals surface area contributed by atoms with Crippen molar-refractivity contribution in [2.45, 2.75) is 13.1 Å². The zero-order valence-electron chi connectivity index (χ0n) is 13.2. The third-order valence-electron chi connectivity index (χ3n) is 4.35. The fourth-order valence-corrected chi connectivity index (χ4v) is 3.27. The molecule has 0 fully saturated rings. The average molecular weight is 306 g/mol. The maximum absolute atomic E-state index is 5.47. The molecular weight excluding hydrogens is 288 g/mol. The zero-order valence-corrected chi connectivity index (χ0v) is 13.2. The lowest BCUT2D eigenvalue weighted by atomic mass is 9.95. The Labute approximate surface area is 135 Å². The van der Waals surface area contributed by atoms with Gasteiger partial charge in [0.25, 0.3) is 0 Å². The molecule has 0 amide bonds. The van der Waals surface area contributed by atoms with E-state index in [2.05, 4.69) is 29.6 Å². The van der Waals surface area contributed by atoms with Crippen LogP contribution in [0.25, 0.3) is 22.0 Å². The first kappa shape index (κ1) is 14.0. The van der Waals surface area contributed by atoms with Crippen molar-refractivity contribution in [3.8, 4) is 22.6 Å². The van der Waals surface area contributed by atoms with Crippen LogP contribution in [0, 0.1) is 0 Å². The summed E-state index contributed by atoms with van der Waals surface area (Å²) in [5.41, 5.74) is 5.79. The first-order chi connectivity index (χ1) is 11.3. The van der Waals surface area contributed by atoms with E-state index in [4.69, 9.17) is 14.5 Å². The standard InChI is InChI=1S/C19H18N2O2/c1-22-17-8-7-12(9-18(17)23-2)19-13-5-3-4-6-15(13)21-16-11-20-10-14(16)19/h3-9,20H,10-11H2,1-2H3. The number of nitrogens with one attached hydrogen (secondary N) is 1. The van der Waals surface area contributed by atoms with E-state index in [-0.39, 0.29) is 0 Å².